The standard InChI is InChI=1S/C11H17F3N2O3/c12-11(13,14)8-15(5-6-17)7-10(19)16-3-1-9(18)2-4-16/h17H,1-8H2. The minimum absolute atomic E-state index is 0.0616. The van der Waals surface area contributed by atoms with Gasteiger partial charge >= 0.3 is 6.18 Å². The van der Waals surface area contributed by atoms with Gasteiger partial charge in [0.2, 0.25) is 5.91 Å². The predicted octanol–water partition coefficient (Wildman–Crippen LogP) is 0.0345. The zero-order valence-corrected chi connectivity index (χ0v) is 10.4. The van der Waals surface area contributed by atoms with Crippen LogP contribution in [0.5, 0.6) is 0 Å². The van der Waals surface area contributed by atoms with Crippen molar-refractivity contribution in [1.29, 1.82) is 0 Å². The Hall–Kier alpha value is -1.15. The largest absolute Gasteiger partial charge is 0.401 e. The summed E-state index contributed by atoms with van der Waals surface area (Å²) < 4.78 is 36.8. The summed E-state index contributed by atoms with van der Waals surface area (Å²) in [5, 5.41) is 8.71. The van der Waals surface area contributed by atoms with Gasteiger partial charge < -0.3 is 10.0 Å². The van der Waals surface area contributed by atoms with Crippen LogP contribution in [0, 0.1) is 0 Å². The molecular formula is C11H17F3N2O3. The van der Waals surface area contributed by atoms with Crippen molar-refractivity contribution in [2.45, 2.75) is 19.0 Å². The zero-order chi connectivity index (χ0) is 14.5. The number of alkyl halides is 3. The van der Waals surface area contributed by atoms with E-state index in [0.29, 0.717) is 0 Å². The number of rotatable bonds is 5. The van der Waals surface area contributed by atoms with Crippen molar-refractivity contribution in [3.63, 3.8) is 0 Å². The van der Waals surface area contributed by atoms with E-state index in [2.05, 4.69) is 0 Å². The van der Waals surface area contributed by atoms with E-state index >= 15 is 0 Å². The highest BCUT2D eigenvalue weighted by atomic mass is 19.4. The van der Waals surface area contributed by atoms with Crippen molar-refractivity contribution in [3.05, 3.63) is 0 Å². The van der Waals surface area contributed by atoms with Gasteiger partial charge in [-0.2, -0.15) is 13.2 Å². The Morgan fingerprint density at radius 1 is 1.32 bits per heavy atom. The summed E-state index contributed by atoms with van der Waals surface area (Å²) in [5.74, 6) is -0.378. The summed E-state index contributed by atoms with van der Waals surface area (Å²) in [4.78, 5) is 25.1. The third-order valence-electron chi connectivity index (χ3n) is 2.85. The lowest BCUT2D eigenvalue weighted by molar-refractivity contribution is -0.152. The highest BCUT2D eigenvalue weighted by molar-refractivity contribution is 5.84. The molecule has 5 nitrogen and oxygen atoms in total. The van der Waals surface area contributed by atoms with Crippen molar-refractivity contribution >= 4 is 11.7 Å². The van der Waals surface area contributed by atoms with E-state index in [9.17, 15) is 22.8 Å². The lowest BCUT2D eigenvalue weighted by Crippen LogP contribution is -2.47. The molecule has 0 saturated carbocycles. The molecule has 0 aromatic heterocycles. The van der Waals surface area contributed by atoms with Crippen molar-refractivity contribution in [2.24, 2.45) is 0 Å². The summed E-state index contributed by atoms with van der Waals surface area (Å²) in [6, 6.07) is 0. The van der Waals surface area contributed by atoms with Gasteiger partial charge in [-0.05, 0) is 0 Å². The molecule has 1 aliphatic rings. The molecule has 0 bridgehead atoms. The number of halogens is 3. The molecule has 1 aliphatic heterocycles. The Morgan fingerprint density at radius 3 is 2.37 bits per heavy atom. The molecule has 19 heavy (non-hydrogen) atoms. The summed E-state index contributed by atoms with van der Waals surface area (Å²) in [7, 11) is 0. The Labute approximate surface area is 109 Å². The van der Waals surface area contributed by atoms with Gasteiger partial charge in [-0.15, -0.1) is 0 Å². The Morgan fingerprint density at radius 2 is 1.89 bits per heavy atom. The van der Waals surface area contributed by atoms with Crippen molar-refractivity contribution in [1.82, 2.24) is 9.80 Å². The van der Waals surface area contributed by atoms with Crippen molar-refractivity contribution < 1.29 is 27.9 Å². The molecule has 0 aromatic carbocycles. The lowest BCUT2D eigenvalue weighted by atomic mass is 10.1. The number of hydrogen-bond acceptors (Lipinski definition) is 4. The quantitative estimate of drug-likeness (QED) is 0.773. The number of Topliss-reactive ketones (excluding diaryl/α,β-unsaturated/α-hetero) is 1. The smallest absolute Gasteiger partial charge is 0.395 e. The Bertz CT molecular complexity index is 324. The maximum Gasteiger partial charge on any atom is 0.401 e. The normalized spacial score (nSPS) is 17.1. The van der Waals surface area contributed by atoms with Gasteiger partial charge in [-0.25, -0.2) is 0 Å². The molecule has 1 amide bonds. The molecule has 0 radical (unpaired) electrons. The van der Waals surface area contributed by atoms with Gasteiger partial charge in [-0.1, -0.05) is 0 Å². The van der Waals surface area contributed by atoms with Crippen LogP contribution in [-0.2, 0) is 9.59 Å². The Balaban J connectivity index is 2.48. The number of nitrogens with zero attached hydrogens (tertiary/aromatic N) is 2. The molecule has 1 N–H and O–H groups in total. The minimum Gasteiger partial charge on any atom is -0.395 e. The van der Waals surface area contributed by atoms with Crippen LogP contribution in [0.3, 0.4) is 0 Å². The number of aliphatic hydroxyl groups excluding tert-OH is 1. The number of aliphatic hydroxyl groups is 1. The average molecular weight is 282 g/mol. The third kappa shape index (κ3) is 6.02. The van der Waals surface area contributed by atoms with Gasteiger partial charge in [0.25, 0.3) is 0 Å². The number of carbonyl (C=O) groups is 2. The third-order valence-corrected chi connectivity index (χ3v) is 2.85. The van der Waals surface area contributed by atoms with E-state index in [1.807, 2.05) is 0 Å². The fraction of sp³-hybridized carbons (Fsp3) is 0.818. The second-order valence-corrected chi connectivity index (χ2v) is 4.47. The minimum atomic E-state index is -4.41. The van der Waals surface area contributed by atoms with Crippen LogP contribution in [-0.4, -0.2) is 72.1 Å². The molecule has 1 saturated heterocycles. The number of hydrogen-bond donors (Lipinski definition) is 1. The van der Waals surface area contributed by atoms with Crippen molar-refractivity contribution in [2.75, 3.05) is 39.3 Å². The first-order chi connectivity index (χ1) is 8.81. The molecular weight excluding hydrogens is 265 g/mol. The molecule has 1 fully saturated rings. The van der Waals surface area contributed by atoms with Crippen molar-refractivity contribution in [3.8, 4) is 0 Å². The van der Waals surface area contributed by atoms with E-state index < -0.39 is 31.8 Å². The first kappa shape index (κ1) is 15.9. The fourth-order valence-corrected chi connectivity index (χ4v) is 1.91. The molecule has 0 spiro atoms. The maximum atomic E-state index is 12.3. The predicted molar refractivity (Wildman–Crippen MR) is 60.4 cm³/mol. The molecule has 1 heterocycles. The van der Waals surface area contributed by atoms with Gasteiger partial charge in [0, 0.05) is 32.5 Å². The lowest BCUT2D eigenvalue weighted by Gasteiger charge is -2.29. The van der Waals surface area contributed by atoms with E-state index in [-0.39, 0.29) is 38.3 Å². The van der Waals surface area contributed by atoms with Crippen LogP contribution in [0.1, 0.15) is 12.8 Å². The van der Waals surface area contributed by atoms with Crippen LogP contribution in [0.15, 0.2) is 0 Å². The topological polar surface area (TPSA) is 60.9 Å². The molecule has 110 valence electrons. The fourth-order valence-electron chi connectivity index (χ4n) is 1.91. The molecule has 8 heteroatoms. The van der Waals surface area contributed by atoms with Gasteiger partial charge in [0.05, 0.1) is 19.7 Å². The second kappa shape index (κ2) is 6.85. The molecule has 0 unspecified atom stereocenters. The van der Waals surface area contributed by atoms with Gasteiger partial charge in [-0.3, -0.25) is 14.5 Å². The SMILES string of the molecule is O=C1CCN(C(=O)CN(CCO)CC(F)(F)F)CC1. The van der Waals surface area contributed by atoms with Gasteiger partial charge in [0.15, 0.2) is 0 Å². The molecule has 0 atom stereocenters. The van der Waals surface area contributed by atoms with Crippen LogP contribution < -0.4 is 0 Å². The summed E-state index contributed by atoms with van der Waals surface area (Å²) >= 11 is 0. The van der Waals surface area contributed by atoms with Gasteiger partial charge in [0.1, 0.15) is 5.78 Å². The average Bonchev–Trinajstić information content (AvgIpc) is 2.27. The van der Waals surface area contributed by atoms with E-state index in [1.54, 1.807) is 0 Å². The van der Waals surface area contributed by atoms with E-state index in [0.717, 1.165) is 4.90 Å². The van der Waals surface area contributed by atoms with E-state index in [1.165, 1.54) is 4.90 Å². The summed E-state index contributed by atoms with van der Waals surface area (Å²) in [5.41, 5.74) is 0. The van der Waals surface area contributed by atoms with E-state index in [4.69, 9.17) is 5.11 Å². The highest BCUT2D eigenvalue weighted by Gasteiger charge is 2.32. The first-order valence-electron chi connectivity index (χ1n) is 6.01. The number of carbonyl (C=O) groups excluding carboxylic acids is 2. The molecule has 0 aliphatic carbocycles. The second-order valence-electron chi connectivity index (χ2n) is 4.47. The zero-order valence-electron chi connectivity index (χ0n) is 10.4. The summed E-state index contributed by atoms with van der Waals surface area (Å²) in [6.45, 7) is -1.76. The van der Waals surface area contributed by atoms with Crippen LogP contribution in [0.2, 0.25) is 0 Å². The first-order valence-corrected chi connectivity index (χ1v) is 6.01. The van der Waals surface area contributed by atoms with Crippen LogP contribution in [0.4, 0.5) is 13.2 Å². The number of amides is 1. The Kier molecular flexibility index (Phi) is 5.74. The highest BCUT2D eigenvalue weighted by Crippen LogP contribution is 2.16. The monoisotopic (exact) mass is 282 g/mol. The number of piperidine rings is 1. The molecule has 0 aromatic rings. The number of ketones is 1. The molecule has 1 rings (SSSR count). The number of likely N-dealkylation sites (tertiary alicyclic amines) is 1. The maximum absolute atomic E-state index is 12.3. The van der Waals surface area contributed by atoms with Crippen LogP contribution in [0.25, 0.3) is 0 Å². The summed E-state index contributed by atoms with van der Waals surface area (Å²) in [6.07, 6.45) is -3.90. The van der Waals surface area contributed by atoms with Crippen LogP contribution >= 0.6 is 0 Å².